The van der Waals surface area contributed by atoms with Crippen molar-refractivity contribution in [2.45, 2.75) is 40.2 Å². The van der Waals surface area contributed by atoms with Crippen LogP contribution in [0.2, 0.25) is 0 Å². The lowest BCUT2D eigenvalue weighted by Gasteiger charge is -2.21. The summed E-state index contributed by atoms with van der Waals surface area (Å²) >= 11 is 1.71. The molecule has 2 heterocycles. The lowest BCUT2D eigenvalue weighted by molar-refractivity contribution is 0.642. The third kappa shape index (κ3) is 4.73. The Bertz CT molecular complexity index is 365. The fourth-order valence-electron chi connectivity index (χ4n) is 1.78. The molecule has 2 aliphatic rings. The van der Waals surface area contributed by atoms with Crippen molar-refractivity contribution in [3.8, 4) is 0 Å². The highest BCUT2D eigenvalue weighted by atomic mass is 32.2. The van der Waals surface area contributed by atoms with Gasteiger partial charge in [0.15, 0.2) is 0 Å². The van der Waals surface area contributed by atoms with Gasteiger partial charge in [0.2, 0.25) is 0 Å². The van der Waals surface area contributed by atoms with Gasteiger partial charge in [-0.2, -0.15) is 0 Å². The summed E-state index contributed by atoms with van der Waals surface area (Å²) in [5.41, 5.74) is 1.38. The van der Waals surface area contributed by atoms with Gasteiger partial charge in [-0.1, -0.05) is 57.7 Å². The molecule has 0 aromatic heterocycles. The molecule has 1 unspecified atom stereocenters. The fraction of sp³-hybridized carbons (Fsp3) is 0.533. The van der Waals surface area contributed by atoms with Gasteiger partial charge in [-0.15, -0.1) is 0 Å². The van der Waals surface area contributed by atoms with E-state index in [2.05, 4.69) is 54.0 Å². The predicted octanol–water partition coefficient (Wildman–Crippen LogP) is 4.13. The van der Waals surface area contributed by atoms with Gasteiger partial charge in [-0.05, 0) is 23.3 Å². The van der Waals surface area contributed by atoms with Crippen LogP contribution in [-0.2, 0) is 0 Å². The highest BCUT2D eigenvalue weighted by molar-refractivity contribution is 8.16. The van der Waals surface area contributed by atoms with Crippen molar-refractivity contribution < 1.29 is 0 Å². The Kier molecular flexibility index (Phi) is 6.88. The molecule has 0 saturated heterocycles. The second-order valence-electron chi connectivity index (χ2n) is 4.49. The molecule has 0 aliphatic carbocycles. The molecule has 2 nitrogen and oxygen atoms in total. The van der Waals surface area contributed by atoms with E-state index in [0.29, 0.717) is 5.92 Å². The van der Waals surface area contributed by atoms with Crippen LogP contribution in [0.25, 0.3) is 0 Å². The van der Waals surface area contributed by atoms with Crippen LogP contribution in [0.15, 0.2) is 40.4 Å². The number of allylic oxidation sites excluding steroid dienone is 2. The predicted molar refractivity (Wildman–Crippen MR) is 84.0 cm³/mol. The summed E-state index contributed by atoms with van der Waals surface area (Å²) in [5.74, 6) is 0.707. The molecule has 0 fully saturated rings. The summed E-state index contributed by atoms with van der Waals surface area (Å²) in [5, 5.41) is 6.69. The molecule has 2 rings (SSSR count). The zero-order valence-corrected chi connectivity index (χ0v) is 12.6. The molecular weight excluding hydrogens is 240 g/mol. The molecule has 100 valence electrons. The molecule has 0 bridgehead atoms. The van der Waals surface area contributed by atoms with Crippen molar-refractivity contribution in [1.82, 2.24) is 5.32 Å². The summed E-state index contributed by atoms with van der Waals surface area (Å²) in [4.78, 5) is 4.49. The highest BCUT2D eigenvalue weighted by Gasteiger charge is 2.15. The van der Waals surface area contributed by atoms with Crippen LogP contribution in [0.1, 0.15) is 34.1 Å². The molecule has 0 aromatic rings. The van der Waals surface area contributed by atoms with Gasteiger partial charge in [0.25, 0.3) is 0 Å². The maximum Gasteiger partial charge on any atom is 0.0984 e. The van der Waals surface area contributed by atoms with Gasteiger partial charge in [0, 0.05) is 6.20 Å². The summed E-state index contributed by atoms with van der Waals surface area (Å²) in [7, 11) is 0. The topological polar surface area (TPSA) is 24.4 Å². The average molecular weight is 264 g/mol. The normalized spacial score (nSPS) is 21.7. The summed E-state index contributed by atoms with van der Waals surface area (Å²) in [6, 6.07) is 0.269. The number of nitrogens with one attached hydrogen (secondary N) is 1. The molecule has 2 aliphatic heterocycles. The van der Waals surface area contributed by atoms with Crippen LogP contribution in [0, 0.1) is 5.92 Å². The number of rotatable bonds is 3. The average Bonchev–Trinajstić information content (AvgIpc) is 2.42. The smallest absolute Gasteiger partial charge is 0.0984 e. The maximum atomic E-state index is 4.49. The summed E-state index contributed by atoms with van der Waals surface area (Å²) in [6.07, 6.45) is 9.79. The van der Waals surface area contributed by atoms with Gasteiger partial charge >= 0.3 is 0 Å². The van der Waals surface area contributed by atoms with Crippen LogP contribution in [0.5, 0.6) is 0 Å². The zero-order chi connectivity index (χ0) is 13.4. The van der Waals surface area contributed by atoms with E-state index in [1.165, 1.54) is 10.6 Å². The minimum atomic E-state index is 0.269. The maximum absolute atomic E-state index is 4.49. The zero-order valence-electron chi connectivity index (χ0n) is 11.8. The molecule has 0 amide bonds. The third-order valence-corrected chi connectivity index (χ3v) is 3.45. The van der Waals surface area contributed by atoms with Crippen molar-refractivity contribution in [2.75, 3.05) is 6.54 Å². The van der Waals surface area contributed by atoms with Crippen molar-refractivity contribution in [2.24, 2.45) is 10.9 Å². The summed E-state index contributed by atoms with van der Waals surface area (Å²) in [6.45, 7) is 9.30. The molecule has 0 saturated carbocycles. The lowest BCUT2D eigenvalue weighted by atomic mass is 10.0. The minimum absolute atomic E-state index is 0.269. The van der Waals surface area contributed by atoms with E-state index in [-0.39, 0.29) is 6.04 Å². The van der Waals surface area contributed by atoms with E-state index in [9.17, 15) is 0 Å². The highest BCUT2D eigenvalue weighted by Crippen LogP contribution is 2.19. The SMILES string of the molecule is CC.CC(C)CC1=CNC(C2=NCC=CS2)C=C1. The molecule has 1 N–H and O–H groups in total. The van der Waals surface area contributed by atoms with Crippen molar-refractivity contribution in [1.29, 1.82) is 0 Å². The number of hydrogen-bond acceptors (Lipinski definition) is 3. The van der Waals surface area contributed by atoms with E-state index in [0.717, 1.165) is 13.0 Å². The van der Waals surface area contributed by atoms with Crippen LogP contribution < -0.4 is 5.32 Å². The van der Waals surface area contributed by atoms with Crippen molar-refractivity contribution >= 4 is 16.8 Å². The Morgan fingerprint density at radius 2 is 2.22 bits per heavy atom. The molecule has 1 atom stereocenters. The van der Waals surface area contributed by atoms with E-state index >= 15 is 0 Å². The number of hydrogen-bond donors (Lipinski definition) is 1. The third-order valence-electron chi connectivity index (χ3n) is 2.50. The molecule has 18 heavy (non-hydrogen) atoms. The molecule has 0 aromatic carbocycles. The van der Waals surface area contributed by atoms with Gasteiger partial charge in [0.1, 0.15) is 0 Å². The van der Waals surface area contributed by atoms with E-state index < -0.39 is 0 Å². The van der Waals surface area contributed by atoms with Gasteiger partial charge < -0.3 is 5.32 Å². The van der Waals surface area contributed by atoms with E-state index in [1.54, 1.807) is 11.8 Å². The Morgan fingerprint density at radius 1 is 1.44 bits per heavy atom. The first-order chi connectivity index (χ1) is 8.75. The Labute approximate surface area is 115 Å². The van der Waals surface area contributed by atoms with Gasteiger partial charge in [-0.25, -0.2) is 0 Å². The largest absolute Gasteiger partial charge is 0.379 e. The first kappa shape index (κ1) is 15.1. The molecule has 0 radical (unpaired) electrons. The first-order valence-electron chi connectivity index (χ1n) is 6.75. The molecular formula is C15H24N2S. The standard InChI is InChI=1S/C13H18N2S.C2H6/c1-10(2)8-11-4-5-12(15-9-11)13-14-6-3-7-16-13;1-2/h3-5,7,9-10,12,15H,6,8H2,1-2H3;1-2H3. The number of thioether (sulfide) groups is 1. The number of aliphatic imine (C=N–C) groups is 1. The monoisotopic (exact) mass is 264 g/mol. The Morgan fingerprint density at radius 3 is 2.72 bits per heavy atom. The van der Waals surface area contributed by atoms with Crippen LogP contribution in [0.3, 0.4) is 0 Å². The fourth-order valence-corrected chi connectivity index (χ4v) is 2.55. The van der Waals surface area contributed by atoms with Gasteiger partial charge in [0.05, 0.1) is 17.6 Å². The second kappa shape index (κ2) is 8.20. The van der Waals surface area contributed by atoms with E-state index in [1.807, 2.05) is 13.8 Å². The van der Waals surface area contributed by atoms with E-state index in [4.69, 9.17) is 0 Å². The quantitative estimate of drug-likeness (QED) is 0.829. The van der Waals surface area contributed by atoms with Gasteiger partial charge in [-0.3, -0.25) is 4.99 Å². The van der Waals surface area contributed by atoms with Crippen LogP contribution >= 0.6 is 11.8 Å². The van der Waals surface area contributed by atoms with Crippen LogP contribution in [-0.4, -0.2) is 17.6 Å². The number of dihydropyridines is 1. The number of nitrogens with zero attached hydrogens (tertiary/aromatic N) is 1. The van der Waals surface area contributed by atoms with Crippen LogP contribution in [0.4, 0.5) is 0 Å². The van der Waals surface area contributed by atoms with Crippen molar-refractivity contribution in [3.63, 3.8) is 0 Å². The Hall–Kier alpha value is -0.960. The summed E-state index contributed by atoms with van der Waals surface area (Å²) < 4.78 is 0. The van der Waals surface area contributed by atoms with Crippen molar-refractivity contribution in [3.05, 3.63) is 35.4 Å². The first-order valence-corrected chi connectivity index (χ1v) is 7.63. The Balaban J connectivity index is 0.000000771. The molecule has 3 heteroatoms. The molecule has 0 spiro atoms. The lowest BCUT2D eigenvalue weighted by Crippen LogP contribution is -2.32. The second-order valence-corrected chi connectivity index (χ2v) is 5.42. The minimum Gasteiger partial charge on any atom is -0.379 e.